The molecule has 0 aliphatic carbocycles. The van der Waals surface area contributed by atoms with E-state index in [9.17, 15) is 9.59 Å². The van der Waals surface area contributed by atoms with Crippen LogP contribution in [-0.2, 0) is 0 Å². The number of benzene rings is 3. The van der Waals surface area contributed by atoms with Gasteiger partial charge in [0.05, 0.1) is 11.2 Å². The maximum Gasteiger partial charge on any atom is 0.355 e. The molecule has 1 N–H and O–H groups in total. The standard InChI is InChI=1S/C26H19ClN2O4S/c1-2-14-32-19-12-10-18(11-13-19)25(30)29-28-16-17-6-5-7-20(15-17)33-26(31)24-23(27)21-8-3-4-9-22(21)34-24/h2-13,15-16H,1,14H2,(H,29,30)/b28-16+. The molecular weight excluding hydrogens is 472 g/mol. The minimum absolute atomic E-state index is 0.337. The van der Waals surface area contributed by atoms with Crippen LogP contribution in [0, 0.1) is 0 Å². The van der Waals surface area contributed by atoms with Crippen LogP contribution in [0.1, 0.15) is 25.6 Å². The second kappa shape index (κ2) is 10.8. The molecule has 170 valence electrons. The zero-order valence-corrected chi connectivity index (χ0v) is 19.4. The van der Waals surface area contributed by atoms with Gasteiger partial charge in [0.25, 0.3) is 5.91 Å². The molecule has 3 aromatic carbocycles. The Morgan fingerprint density at radius 3 is 2.59 bits per heavy atom. The van der Waals surface area contributed by atoms with Gasteiger partial charge in [0, 0.05) is 15.6 Å². The van der Waals surface area contributed by atoms with Gasteiger partial charge in [-0.2, -0.15) is 5.10 Å². The Labute approximate surface area is 205 Å². The van der Waals surface area contributed by atoms with Crippen molar-refractivity contribution in [1.29, 1.82) is 0 Å². The smallest absolute Gasteiger partial charge is 0.355 e. The summed E-state index contributed by atoms with van der Waals surface area (Å²) in [6, 6.07) is 21.0. The molecule has 4 aromatic rings. The number of ether oxygens (including phenoxy) is 2. The van der Waals surface area contributed by atoms with Gasteiger partial charge in [-0.3, -0.25) is 4.79 Å². The van der Waals surface area contributed by atoms with E-state index in [4.69, 9.17) is 21.1 Å². The second-order valence-electron chi connectivity index (χ2n) is 7.03. The Morgan fingerprint density at radius 1 is 1.03 bits per heavy atom. The highest BCUT2D eigenvalue weighted by molar-refractivity contribution is 7.21. The van der Waals surface area contributed by atoms with Gasteiger partial charge in [-0.15, -0.1) is 11.3 Å². The van der Waals surface area contributed by atoms with Crippen LogP contribution in [0.5, 0.6) is 11.5 Å². The molecule has 0 spiro atoms. The number of hydrogen-bond donors (Lipinski definition) is 1. The molecule has 4 rings (SSSR count). The van der Waals surface area contributed by atoms with Crippen molar-refractivity contribution in [3.8, 4) is 11.5 Å². The average Bonchev–Trinajstić information content (AvgIpc) is 3.20. The number of hydrazone groups is 1. The van der Waals surface area contributed by atoms with Gasteiger partial charge < -0.3 is 9.47 Å². The van der Waals surface area contributed by atoms with Crippen LogP contribution < -0.4 is 14.9 Å². The van der Waals surface area contributed by atoms with E-state index in [1.54, 1.807) is 54.6 Å². The Bertz CT molecular complexity index is 1380. The summed E-state index contributed by atoms with van der Waals surface area (Å²) in [5.41, 5.74) is 3.54. The number of carbonyl (C=O) groups is 2. The van der Waals surface area contributed by atoms with Gasteiger partial charge in [0.1, 0.15) is 23.0 Å². The number of carbonyl (C=O) groups excluding carboxylic acids is 2. The molecule has 0 saturated carbocycles. The van der Waals surface area contributed by atoms with Gasteiger partial charge in [0.2, 0.25) is 0 Å². The van der Waals surface area contributed by atoms with Crippen LogP contribution in [-0.4, -0.2) is 24.7 Å². The molecule has 0 atom stereocenters. The topological polar surface area (TPSA) is 77.0 Å². The molecule has 0 bridgehead atoms. The number of thiophene rings is 1. The van der Waals surface area contributed by atoms with E-state index in [0.29, 0.717) is 39.1 Å². The highest BCUT2D eigenvalue weighted by Crippen LogP contribution is 2.35. The van der Waals surface area contributed by atoms with Crippen molar-refractivity contribution in [3.05, 3.63) is 106 Å². The van der Waals surface area contributed by atoms with Gasteiger partial charge in [-0.05, 0) is 48.0 Å². The summed E-state index contributed by atoms with van der Waals surface area (Å²) in [6.07, 6.45) is 3.10. The molecule has 0 aliphatic rings. The minimum atomic E-state index is -0.533. The Kier molecular flexibility index (Phi) is 7.37. The second-order valence-corrected chi connectivity index (χ2v) is 8.46. The normalized spacial score (nSPS) is 10.9. The zero-order valence-electron chi connectivity index (χ0n) is 17.9. The SMILES string of the molecule is C=CCOc1ccc(C(=O)N/N=C/c2cccc(OC(=O)c3sc4ccccc4c3Cl)c2)cc1. The van der Waals surface area contributed by atoms with Crippen LogP contribution in [0.15, 0.2) is 90.6 Å². The first kappa shape index (κ1) is 23.2. The molecule has 0 saturated heterocycles. The summed E-state index contributed by atoms with van der Waals surface area (Å²) in [6.45, 7) is 3.98. The van der Waals surface area contributed by atoms with Crippen molar-refractivity contribution >= 4 is 51.1 Å². The number of hydrogen-bond acceptors (Lipinski definition) is 6. The van der Waals surface area contributed by atoms with Crippen molar-refractivity contribution in [2.24, 2.45) is 5.10 Å². The maximum atomic E-state index is 12.7. The molecule has 1 amide bonds. The summed E-state index contributed by atoms with van der Waals surface area (Å²) in [5.74, 6) is 0.0785. The van der Waals surface area contributed by atoms with E-state index in [-0.39, 0.29) is 5.91 Å². The number of amides is 1. The molecule has 0 fully saturated rings. The van der Waals surface area contributed by atoms with Crippen molar-refractivity contribution in [1.82, 2.24) is 5.43 Å². The fourth-order valence-electron chi connectivity index (χ4n) is 3.04. The molecule has 6 nitrogen and oxygen atoms in total. The minimum Gasteiger partial charge on any atom is -0.490 e. The third-order valence-corrected chi connectivity index (χ3v) is 6.31. The summed E-state index contributed by atoms with van der Waals surface area (Å²) in [5, 5.41) is 5.18. The first-order chi connectivity index (χ1) is 16.5. The van der Waals surface area contributed by atoms with Crippen LogP contribution in [0.3, 0.4) is 0 Å². The van der Waals surface area contributed by atoms with E-state index < -0.39 is 5.97 Å². The fraction of sp³-hybridized carbons (Fsp3) is 0.0385. The number of halogens is 1. The number of fused-ring (bicyclic) bond motifs is 1. The average molecular weight is 491 g/mol. The van der Waals surface area contributed by atoms with Crippen molar-refractivity contribution in [2.45, 2.75) is 0 Å². The third-order valence-electron chi connectivity index (χ3n) is 4.65. The van der Waals surface area contributed by atoms with E-state index in [1.807, 2.05) is 24.3 Å². The number of nitrogens with one attached hydrogen (secondary N) is 1. The van der Waals surface area contributed by atoms with Crippen LogP contribution >= 0.6 is 22.9 Å². The lowest BCUT2D eigenvalue weighted by Crippen LogP contribution is -2.17. The van der Waals surface area contributed by atoms with Crippen LogP contribution in [0.4, 0.5) is 0 Å². The largest absolute Gasteiger partial charge is 0.490 e. The molecule has 0 unspecified atom stereocenters. The lowest BCUT2D eigenvalue weighted by atomic mass is 10.2. The highest BCUT2D eigenvalue weighted by atomic mass is 35.5. The lowest BCUT2D eigenvalue weighted by Gasteiger charge is -2.05. The number of esters is 1. The van der Waals surface area contributed by atoms with Crippen molar-refractivity contribution in [2.75, 3.05) is 6.61 Å². The maximum absolute atomic E-state index is 12.7. The van der Waals surface area contributed by atoms with E-state index in [1.165, 1.54) is 17.6 Å². The van der Waals surface area contributed by atoms with Gasteiger partial charge in [0.15, 0.2) is 0 Å². The van der Waals surface area contributed by atoms with Gasteiger partial charge in [-0.25, -0.2) is 10.2 Å². The molecule has 1 aromatic heterocycles. The van der Waals surface area contributed by atoms with Crippen molar-refractivity contribution < 1.29 is 19.1 Å². The van der Waals surface area contributed by atoms with Crippen LogP contribution in [0.25, 0.3) is 10.1 Å². The summed E-state index contributed by atoms with van der Waals surface area (Å²) < 4.78 is 11.8. The monoisotopic (exact) mass is 490 g/mol. The molecule has 34 heavy (non-hydrogen) atoms. The zero-order chi connectivity index (χ0) is 23.9. The molecule has 0 aliphatic heterocycles. The first-order valence-corrected chi connectivity index (χ1v) is 11.4. The fourth-order valence-corrected chi connectivity index (χ4v) is 4.43. The number of nitrogens with zero attached hydrogens (tertiary/aromatic N) is 1. The highest BCUT2D eigenvalue weighted by Gasteiger charge is 2.19. The third kappa shape index (κ3) is 5.51. The van der Waals surface area contributed by atoms with E-state index in [0.717, 1.165) is 10.1 Å². The van der Waals surface area contributed by atoms with E-state index >= 15 is 0 Å². The Morgan fingerprint density at radius 2 is 1.82 bits per heavy atom. The molecule has 1 heterocycles. The van der Waals surface area contributed by atoms with Crippen molar-refractivity contribution in [3.63, 3.8) is 0 Å². The Hall–Kier alpha value is -3.94. The van der Waals surface area contributed by atoms with Gasteiger partial charge in [-0.1, -0.05) is 54.6 Å². The number of rotatable bonds is 8. The lowest BCUT2D eigenvalue weighted by molar-refractivity contribution is 0.0740. The summed E-state index contributed by atoms with van der Waals surface area (Å²) >= 11 is 7.65. The Balaban J connectivity index is 1.38. The summed E-state index contributed by atoms with van der Waals surface area (Å²) in [7, 11) is 0. The molecule has 8 heteroatoms. The predicted molar refractivity (Wildman–Crippen MR) is 135 cm³/mol. The first-order valence-electron chi connectivity index (χ1n) is 10.2. The summed E-state index contributed by atoms with van der Waals surface area (Å²) in [4.78, 5) is 25.3. The van der Waals surface area contributed by atoms with Crippen LogP contribution in [0.2, 0.25) is 5.02 Å². The molecule has 0 radical (unpaired) electrons. The quantitative estimate of drug-likeness (QED) is 0.106. The molecular formula is C26H19ClN2O4S. The van der Waals surface area contributed by atoms with E-state index in [2.05, 4.69) is 17.1 Å². The predicted octanol–water partition coefficient (Wildman–Crippen LogP) is 6.10. The van der Waals surface area contributed by atoms with Gasteiger partial charge >= 0.3 is 5.97 Å².